The van der Waals surface area contributed by atoms with E-state index < -0.39 is 0 Å². The highest BCUT2D eigenvalue weighted by molar-refractivity contribution is 5.81. The molecule has 1 aliphatic heterocycles. The van der Waals surface area contributed by atoms with E-state index in [0.717, 1.165) is 13.0 Å². The van der Waals surface area contributed by atoms with E-state index >= 15 is 0 Å². The highest BCUT2D eigenvalue weighted by Crippen LogP contribution is 2.15. The Labute approximate surface area is 66.9 Å². The van der Waals surface area contributed by atoms with E-state index in [1.807, 2.05) is 6.92 Å². The lowest BCUT2D eigenvalue weighted by Crippen LogP contribution is -2.24. The summed E-state index contributed by atoms with van der Waals surface area (Å²) in [5, 5.41) is 0. The zero-order valence-electron chi connectivity index (χ0n) is 6.88. The maximum Gasteiger partial charge on any atom is 0.139 e. The third kappa shape index (κ3) is 2.60. The number of hydrogen-bond donors (Lipinski definition) is 1. The second kappa shape index (κ2) is 3.83. The zero-order chi connectivity index (χ0) is 8.27. The first kappa shape index (κ1) is 8.68. The first-order valence-corrected chi connectivity index (χ1v) is 4.06. The molecule has 0 aromatic carbocycles. The van der Waals surface area contributed by atoms with Crippen molar-refractivity contribution in [3.05, 3.63) is 0 Å². The molecule has 0 aromatic rings. The maximum atomic E-state index is 11.3. The number of ketones is 1. The van der Waals surface area contributed by atoms with Gasteiger partial charge in [0.2, 0.25) is 0 Å². The smallest absolute Gasteiger partial charge is 0.139 e. The van der Waals surface area contributed by atoms with E-state index in [0.29, 0.717) is 13.0 Å². The lowest BCUT2D eigenvalue weighted by Gasteiger charge is -2.07. The Morgan fingerprint density at radius 1 is 1.82 bits per heavy atom. The molecule has 1 saturated heterocycles. The molecule has 2 atom stereocenters. The van der Waals surface area contributed by atoms with E-state index in [1.54, 1.807) is 0 Å². The molecule has 0 saturated carbocycles. The normalized spacial score (nSPS) is 26.9. The van der Waals surface area contributed by atoms with E-state index in [2.05, 4.69) is 0 Å². The van der Waals surface area contributed by atoms with Crippen LogP contribution in [0.1, 0.15) is 19.8 Å². The highest BCUT2D eigenvalue weighted by atomic mass is 16.5. The molecule has 0 aliphatic carbocycles. The largest absolute Gasteiger partial charge is 0.381 e. The molecule has 3 heteroatoms. The Morgan fingerprint density at radius 2 is 2.55 bits per heavy atom. The van der Waals surface area contributed by atoms with Gasteiger partial charge in [0.1, 0.15) is 5.78 Å². The van der Waals surface area contributed by atoms with Gasteiger partial charge in [-0.25, -0.2) is 0 Å². The molecular formula is C8H15NO2. The van der Waals surface area contributed by atoms with Crippen molar-refractivity contribution in [2.45, 2.75) is 25.8 Å². The molecular weight excluding hydrogens is 142 g/mol. The average molecular weight is 157 g/mol. The molecule has 0 bridgehead atoms. The predicted molar refractivity (Wildman–Crippen MR) is 42.2 cm³/mol. The number of carbonyl (C=O) groups is 1. The fourth-order valence-corrected chi connectivity index (χ4v) is 1.27. The summed E-state index contributed by atoms with van der Waals surface area (Å²) in [5.74, 6) is 0.388. The van der Waals surface area contributed by atoms with Gasteiger partial charge in [-0.2, -0.15) is 0 Å². The summed E-state index contributed by atoms with van der Waals surface area (Å²) >= 11 is 0. The van der Waals surface area contributed by atoms with Crippen LogP contribution in [0.4, 0.5) is 0 Å². The molecule has 0 aromatic heterocycles. The Hall–Kier alpha value is -0.410. The minimum absolute atomic E-state index is 0.0110. The van der Waals surface area contributed by atoms with Crippen molar-refractivity contribution >= 4 is 5.78 Å². The predicted octanol–water partition coefficient (Wildman–Crippen LogP) is 0.329. The first-order valence-electron chi connectivity index (χ1n) is 4.06. The number of Topliss-reactive ketones (excluding diaryl/α,β-unsaturated/α-hetero) is 1. The Kier molecular flexibility index (Phi) is 3.02. The fraction of sp³-hybridized carbons (Fsp3) is 0.875. The van der Waals surface area contributed by atoms with Gasteiger partial charge >= 0.3 is 0 Å². The second-order valence-corrected chi connectivity index (χ2v) is 3.21. The molecule has 1 fully saturated rings. The lowest BCUT2D eigenvalue weighted by atomic mass is 9.99. The minimum atomic E-state index is -0.0110. The van der Waals surface area contributed by atoms with Gasteiger partial charge in [-0.15, -0.1) is 0 Å². The summed E-state index contributed by atoms with van der Waals surface area (Å²) < 4.78 is 5.10. The van der Waals surface area contributed by atoms with Crippen molar-refractivity contribution < 1.29 is 9.53 Å². The molecule has 1 aliphatic rings. The fourth-order valence-electron chi connectivity index (χ4n) is 1.27. The molecule has 64 valence electrons. The van der Waals surface area contributed by atoms with Gasteiger partial charge in [-0.05, 0) is 13.3 Å². The summed E-state index contributed by atoms with van der Waals surface area (Å²) in [5.41, 5.74) is 5.50. The van der Waals surface area contributed by atoms with Crippen LogP contribution in [0.25, 0.3) is 0 Å². The molecule has 3 nitrogen and oxygen atoms in total. The van der Waals surface area contributed by atoms with Crippen LogP contribution < -0.4 is 5.73 Å². The summed E-state index contributed by atoms with van der Waals surface area (Å²) in [7, 11) is 0. The topological polar surface area (TPSA) is 52.3 Å². The molecule has 11 heavy (non-hydrogen) atoms. The van der Waals surface area contributed by atoms with E-state index in [9.17, 15) is 4.79 Å². The van der Waals surface area contributed by atoms with E-state index in [-0.39, 0.29) is 17.7 Å². The molecule has 1 heterocycles. The third-order valence-corrected chi connectivity index (χ3v) is 1.91. The van der Waals surface area contributed by atoms with Crippen molar-refractivity contribution in [1.82, 2.24) is 0 Å². The molecule has 1 rings (SSSR count). The lowest BCUT2D eigenvalue weighted by molar-refractivity contribution is -0.123. The van der Waals surface area contributed by atoms with Crippen molar-refractivity contribution in [3.63, 3.8) is 0 Å². The number of hydrogen-bond acceptors (Lipinski definition) is 3. The van der Waals surface area contributed by atoms with Gasteiger partial charge in [0, 0.05) is 25.0 Å². The van der Waals surface area contributed by atoms with Crippen molar-refractivity contribution in [1.29, 1.82) is 0 Å². The Bertz CT molecular complexity index is 139. The van der Waals surface area contributed by atoms with Gasteiger partial charge in [-0.1, -0.05) is 0 Å². The average Bonchev–Trinajstić information content (AvgIpc) is 2.35. The summed E-state index contributed by atoms with van der Waals surface area (Å²) in [4.78, 5) is 11.3. The third-order valence-electron chi connectivity index (χ3n) is 1.91. The first-order chi connectivity index (χ1) is 5.20. The van der Waals surface area contributed by atoms with Gasteiger partial charge in [0.25, 0.3) is 0 Å². The number of rotatable bonds is 3. The van der Waals surface area contributed by atoms with Crippen LogP contribution in [0.3, 0.4) is 0 Å². The highest BCUT2D eigenvalue weighted by Gasteiger charge is 2.23. The van der Waals surface area contributed by atoms with Gasteiger partial charge < -0.3 is 10.5 Å². The minimum Gasteiger partial charge on any atom is -0.381 e. The molecule has 2 unspecified atom stereocenters. The van der Waals surface area contributed by atoms with Crippen molar-refractivity contribution in [3.8, 4) is 0 Å². The van der Waals surface area contributed by atoms with Crippen molar-refractivity contribution in [2.24, 2.45) is 11.7 Å². The quantitative estimate of drug-likeness (QED) is 0.642. The van der Waals surface area contributed by atoms with Crippen LogP contribution in [0, 0.1) is 5.92 Å². The van der Waals surface area contributed by atoms with Gasteiger partial charge in [-0.3, -0.25) is 4.79 Å². The monoisotopic (exact) mass is 157 g/mol. The maximum absolute atomic E-state index is 11.3. The van der Waals surface area contributed by atoms with E-state index in [4.69, 9.17) is 10.5 Å². The number of nitrogens with two attached hydrogens (primary N) is 1. The Morgan fingerprint density at radius 3 is 3.00 bits per heavy atom. The van der Waals surface area contributed by atoms with Crippen LogP contribution in [-0.4, -0.2) is 25.0 Å². The summed E-state index contributed by atoms with van der Waals surface area (Å²) in [6.07, 6.45) is 1.37. The van der Waals surface area contributed by atoms with Gasteiger partial charge in [0.05, 0.1) is 6.61 Å². The Balaban J connectivity index is 2.28. The van der Waals surface area contributed by atoms with Crippen LogP contribution in [0.2, 0.25) is 0 Å². The van der Waals surface area contributed by atoms with Crippen LogP contribution in [-0.2, 0) is 9.53 Å². The molecule has 2 N–H and O–H groups in total. The standard InChI is InChI=1S/C8H15NO2/c1-6(9)4-8(10)7-2-3-11-5-7/h6-7H,2-5,9H2,1H3. The zero-order valence-corrected chi connectivity index (χ0v) is 6.88. The molecule has 0 amide bonds. The second-order valence-electron chi connectivity index (χ2n) is 3.21. The van der Waals surface area contributed by atoms with Gasteiger partial charge in [0.15, 0.2) is 0 Å². The summed E-state index contributed by atoms with van der Waals surface area (Å²) in [6.45, 7) is 3.19. The molecule has 0 radical (unpaired) electrons. The summed E-state index contributed by atoms with van der Waals surface area (Å²) in [6, 6.07) is -0.0110. The van der Waals surface area contributed by atoms with Crippen LogP contribution in [0.5, 0.6) is 0 Å². The SMILES string of the molecule is CC(N)CC(=O)C1CCOC1. The molecule has 0 spiro atoms. The number of ether oxygens (including phenoxy) is 1. The van der Waals surface area contributed by atoms with Crippen LogP contribution >= 0.6 is 0 Å². The van der Waals surface area contributed by atoms with Crippen molar-refractivity contribution in [2.75, 3.05) is 13.2 Å². The van der Waals surface area contributed by atoms with E-state index in [1.165, 1.54) is 0 Å². The number of carbonyl (C=O) groups excluding carboxylic acids is 1. The van der Waals surface area contributed by atoms with Crippen LogP contribution in [0.15, 0.2) is 0 Å².